The molecule has 0 fully saturated rings. The summed E-state index contributed by atoms with van der Waals surface area (Å²) in [7, 11) is 0. The van der Waals surface area contributed by atoms with E-state index in [0.29, 0.717) is 6.29 Å². The first kappa shape index (κ1) is 16.1. The summed E-state index contributed by atoms with van der Waals surface area (Å²) in [5.74, 6) is -1.16. The van der Waals surface area contributed by atoms with Crippen molar-refractivity contribution in [1.82, 2.24) is 5.32 Å². The third-order valence-electron chi connectivity index (χ3n) is 3.12. The van der Waals surface area contributed by atoms with Crippen molar-refractivity contribution >= 4 is 12.2 Å². The van der Waals surface area contributed by atoms with Gasteiger partial charge in [0.05, 0.1) is 5.56 Å². The van der Waals surface area contributed by atoms with E-state index in [1.54, 1.807) is 0 Å². The number of carbonyl (C=O) groups excluding carboxylic acids is 2. The van der Waals surface area contributed by atoms with Crippen LogP contribution in [-0.4, -0.2) is 24.3 Å². The Kier molecular flexibility index (Phi) is 6.15. The van der Waals surface area contributed by atoms with Crippen LogP contribution in [-0.2, 0) is 4.79 Å². The van der Waals surface area contributed by atoms with Crippen molar-refractivity contribution in [3.63, 3.8) is 0 Å². The van der Waals surface area contributed by atoms with Crippen molar-refractivity contribution < 1.29 is 18.7 Å². The molecule has 1 N–H and O–H groups in total. The summed E-state index contributed by atoms with van der Waals surface area (Å²) in [6, 6.07) is 4.12. The summed E-state index contributed by atoms with van der Waals surface area (Å²) < 4.78 is 18.9. The molecule has 0 bridgehead atoms. The molecule has 1 aromatic rings. The second-order valence-corrected chi connectivity index (χ2v) is 4.56. The molecule has 0 spiro atoms. The van der Waals surface area contributed by atoms with Gasteiger partial charge in [0, 0.05) is 6.04 Å². The maximum atomic E-state index is 13.6. The third kappa shape index (κ3) is 4.05. The van der Waals surface area contributed by atoms with E-state index in [4.69, 9.17) is 4.74 Å². The average Bonchev–Trinajstić information content (AvgIpc) is 2.46. The summed E-state index contributed by atoms with van der Waals surface area (Å²) in [5.41, 5.74) is 0.0900. The largest absolute Gasteiger partial charge is 0.477 e. The molecule has 1 amide bonds. The molecule has 20 heavy (non-hydrogen) atoms. The van der Waals surface area contributed by atoms with E-state index in [2.05, 4.69) is 5.32 Å². The Morgan fingerprint density at radius 1 is 1.40 bits per heavy atom. The van der Waals surface area contributed by atoms with E-state index in [-0.39, 0.29) is 23.3 Å². The molecule has 5 heteroatoms. The van der Waals surface area contributed by atoms with Crippen LogP contribution in [0.4, 0.5) is 4.39 Å². The van der Waals surface area contributed by atoms with Gasteiger partial charge in [-0.25, -0.2) is 4.39 Å². The molecule has 0 heterocycles. The summed E-state index contributed by atoms with van der Waals surface area (Å²) in [4.78, 5) is 22.8. The Labute approximate surface area is 118 Å². The van der Waals surface area contributed by atoms with Crippen LogP contribution in [0.5, 0.6) is 5.75 Å². The number of ether oxygens (including phenoxy) is 1. The molecule has 0 radical (unpaired) electrons. The van der Waals surface area contributed by atoms with Crippen molar-refractivity contribution in [2.24, 2.45) is 0 Å². The molecule has 1 atom stereocenters. The standard InChI is InChI=1S/C15H20FNO3/c1-4-12(5-2)17-15(19)10(3)20-14-11(9-18)7-6-8-13(14)16/h6-10,12H,4-5H2,1-3H3,(H,17,19). The highest BCUT2D eigenvalue weighted by Crippen LogP contribution is 2.22. The smallest absolute Gasteiger partial charge is 0.260 e. The first-order valence-electron chi connectivity index (χ1n) is 6.74. The van der Waals surface area contributed by atoms with Crippen LogP contribution >= 0.6 is 0 Å². The number of rotatable bonds is 7. The predicted octanol–water partition coefficient (Wildman–Crippen LogP) is 2.71. The van der Waals surface area contributed by atoms with Gasteiger partial charge in [-0.1, -0.05) is 19.9 Å². The molecule has 0 saturated carbocycles. The van der Waals surface area contributed by atoms with Crippen LogP contribution in [0.15, 0.2) is 18.2 Å². The second kappa shape index (κ2) is 7.62. The summed E-state index contributed by atoms with van der Waals surface area (Å²) in [5, 5.41) is 2.82. The van der Waals surface area contributed by atoms with Crippen LogP contribution < -0.4 is 10.1 Å². The minimum Gasteiger partial charge on any atom is -0.477 e. The van der Waals surface area contributed by atoms with Crippen LogP contribution in [0.25, 0.3) is 0 Å². The minimum atomic E-state index is -0.869. The van der Waals surface area contributed by atoms with Crippen molar-refractivity contribution in [2.75, 3.05) is 0 Å². The van der Waals surface area contributed by atoms with E-state index in [1.165, 1.54) is 25.1 Å². The molecular weight excluding hydrogens is 261 g/mol. The normalized spacial score (nSPS) is 12.1. The lowest BCUT2D eigenvalue weighted by molar-refractivity contribution is -0.128. The topological polar surface area (TPSA) is 55.4 Å². The quantitative estimate of drug-likeness (QED) is 0.782. The number of hydrogen-bond donors (Lipinski definition) is 1. The van der Waals surface area contributed by atoms with E-state index in [0.717, 1.165) is 12.8 Å². The van der Waals surface area contributed by atoms with Crippen molar-refractivity contribution in [1.29, 1.82) is 0 Å². The van der Waals surface area contributed by atoms with E-state index in [9.17, 15) is 14.0 Å². The minimum absolute atomic E-state index is 0.0692. The molecule has 0 saturated heterocycles. The summed E-state index contributed by atoms with van der Waals surface area (Å²) in [6.45, 7) is 5.47. The van der Waals surface area contributed by atoms with Gasteiger partial charge in [0.2, 0.25) is 0 Å². The fourth-order valence-electron chi connectivity index (χ4n) is 1.78. The molecule has 1 rings (SSSR count). The number of nitrogens with one attached hydrogen (secondary N) is 1. The lowest BCUT2D eigenvalue weighted by Gasteiger charge is -2.20. The lowest BCUT2D eigenvalue weighted by atomic mass is 10.1. The predicted molar refractivity (Wildman–Crippen MR) is 74.4 cm³/mol. The Morgan fingerprint density at radius 3 is 2.60 bits per heavy atom. The number of para-hydroxylation sites is 1. The number of benzene rings is 1. The zero-order chi connectivity index (χ0) is 15.1. The highest BCUT2D eigenvalue weighted by atomic mass is 19.1. The van der Waals surface area contributed by atoms with Crippen LogP contribution in [0.2, 0.25) is 0 Å². The third-order valence-corrected chi connectivity index (χ3v) is 3.12. The Morgan fingerprint density at radius 2 is 2.05 bits per heavy atom. The highest BCUT2D eigenvalue weighted by molar-refractivity contribution is 5.82. The van der Waals surface area contributed by atoms with E-state index >= 15 is 0 Å². The van der Waals surface area contributed by atoms with Gasteiger partial charge in [-0.3, -0.25) is 9.59 Å². The fraction of sp³-hybridized carbons (Fsp3) is 0.467. The number of amides is 1. The first-order chi connectivity index (χ1) is 9.53. The van der Waals surface area contributed by atoms with Gasteiger partial charge in [0.15, 0.2) is 24.0 Å². The Hall–Kier alpha value is -1.91. The zero-order valence-corrected chi connectivity index (χ0v) is 12.0. The van der Waals surface area contributed by atoms with Crippen molar-refractivity contribution in [2.45, 2.75) is 45.8 Å². The lowest BCUT2D eigenvalue weighted by Crippen LogP contribution is -2.42. The van der Waals surface area contributed by atoms with Crippen LogP contribution in [0.3, 0.4) is 0 Å². The van der Waals surface area contributed by atoms with Gasteiger partial charge in [-0.2, -0.15) is 0 Å². The molecule has 0 aliphatic heterocycles. The fourth-order valence-corrected chi connectivity index (χ4v) is 1.78. The maximum Gasteiger partial charge on any atom is 0.260 e. The maximum absolute atomic E-state index is 13.6. The summed E-state index contributed by atoms with van der Waals surface area (Å²) >= 11 is 0. The molecule has 1 unspecified atom stereocenters. The van der Waals surface area contributed by atoms with Gasteiger partial charge < -0.3 is 10.1 Å². The molecule has 4 nitrogen and oxygen atoms in total. The average molecular weight is 281 g/mol. The summed E-state index contributed by atoms with van der Waals surface area (Å²) in [6.07, 6.45) is 1.26. The van der Waals surface area contributed by atoms with Gasteiger partial charge in [0.25, 0.3) is 5.91 Å². The Bertz CT molecular complexity index is 472. The van der Waals surface area contributed by atoms with Gasteiger partial charge in [-0.15, -0.1) is 0 Å². The first-order valence-corrected chi connectivity index (χ1v) is 6.74. The SMILES string of the molecule is CCC(CC)NC(=O)C(C)Oc1c(F)cccc1C=O. The monoisotopic (exact) mass is 281 g/mol. The molecular formula is C15H20FNO3. The molecule has 0 aromatic heterocycles. The number of aldehydes is 1. The van der Waals surface area contributed by atoms with Gasteiger partial charge in [0.1, 0.15) is 0 Å². The van der Waals surface area contributed by atoms with Gasteiger partial charge >= 0.3 is 0 Å². The van der Waals surface area contributed by atoms with Crippen LogP contribution in [0, 0.1) is 5.82 Å². The van der Waals surface area contributed by atoms with Gasteiger partial charge in [-0.05, 0) is 31.9 Å². The van der Waals surface area contributed by atoms with Crippen molar-refractivity contribution in [3.05, 3.63) is 29.6 Å². The molecule has 0 aliphatic rings. The Balaban J connectivity index is 2.78. The molecule has 110 valence electrons. The van der Waals surface area contributed by atoms with E-state index in [1.807, 2.05) is 13.8 Å². The molecule has 0 aliphatic carbocycles. The molecule has 1 aromatic carbocycles. The zero-order valence-electron chi connectivity index (χ0n) is 12.0. The van der Waals surface area contributed by atoms with Crippen molar-refractivity contribution in [3.8, 4) is 5.75 Å². The van der Waals surface area contributed by atoms with E-state index < -0.39 is 11.9 Å². The number of halogens is 1. The van der Waals surface area contributed by atoms with Crippen LogP contribution in [0.1, 0.15) is 44.0 Å². The highest BCUT2D eigenvalue weighted by Gasteiger charge is 2.20. The second-order valence-electron chi connectivity index (χ2n) is 4.56. The number of carbonyl (C=O) groups is 2. The number of hydrogen-bond acceptors (Lipinski definition) is 3.